The quantitative estimate of drug-likeness (QED) is 0.887. The van der Waals surface area contributed by atoms with Gasteiger partial charge in [0.2, 0.25) is 5.91 Å². The van der Waals surface area contributed by atoms with Crippen LogP contribution in [0.1, 0.15) is 13.3 Å². The minimum absolute atomic E-state index is 0.136. The van der Waals surface area contributed by atoms with E-state index in [1.165, 1.54) is 12.1 Å². The molecule has 0 radical (unpaired) electrons. The number of carbonyl (C=O) groups is 2. The van der Waals surface area contributed by atoms with Crippen LogP contribution < -0.4 is 10.1 Å². The number of rotatable bonds is 5. The van der Waals surface area contributed by atoms with E-state index in [9.17, 15) is 22.8 Å². The summed E-state index contributed by atoms with van der Waals surface area (Å²) in [7, 11) is 0. The lowest BCUT2D eigenvalue weighted by Crippen LogP contribution is -2.48. The first-order chi connectivity index (χ1) is 11.3. The summed E-state index contributed by atoms with van der Waals surface area (Å²) in [4.78, 5) is 25.6. The smallest absolute Gasteiger partial charge is 0.406 e. The third-order valence-corrected chi connectivity index (χ3v) is 3.37. The molecule has 0 saturated carbocycles. The predicted molar refractivity (Wildman–Crippen MR) is 78.4 cm³/mol. The van der Waals surface area contributed by atoms with Crippen molar-refractivity contribution in [3.8, 4) is 5.75 Å². The molecule has 0 unspecified atom stereocenters. The van der Waals surface area contributed by atoms with Gasteiger partial charge in [0.1, 0.15) is 11.9 Å². The van der Waals surface area contributed by atoms with Gasteiger partial charge in [0.25, 0.3) is 5.91 Å². The lowest BCUT2D eigenvalue weighted by Gasteiger charge is -2.31. The third kappa shape index (κ3) is 5.12. The highest BCUT2D eigenvalue weighted by Gasteiger charge is 2.32. The molecule has 1 aliphatic heterocycles. The Balaban J connectivity index is 1.95. The van der Waals surface area contributed by atoms with Gasteiger partial charge in [-0.25, -0.2) is 0 Å². The van der Waals surface area contributed by atoms with E-state index in [2.05, 4.69) is 10.1 Å². The van der Waals surface area contributed by atoms with Gasteiger partial charge in [0.15, 0.2) is 0 Å². The van der Waals surface area contributed by atoms with Gasteiger partial charge in [0.05, 0.1) is 13.0 Å². The number of likely N-dealkylation sites (N-methyl/N-ethyl adjacent to an activating group) is 1. The van der Waals surface area contributed by atoms with Gasteiger partial charge in [-0.2, -0.15) is 0 Å². The number of nitrogens with zero attached hydrogens (tertiary/aromatic N) is 1. The standard InChI is InChI=1S/C15H17F3N2O4/c1-2-20-6-7-23-12(14(20)22)9-13(21)19-10-4-3-5-11(8-10)24-15(16,17)18/h3-5,8,12H,2,6-7,9H2,1H3,(H,19,21)/t12-/m1/s1. The molecule has 1 aliphatic rings. The molecule has 0 aliphatic carbocycles. The highest BCUT2D eigenvalue weighted by Crippen LogP contribution is 2.25. The number of alkyl halides is 3. The normalized spacial score (nSPS) is 18.4. The van der Waals surface area contributed by atoms with Gasteiger partial charge in [0, 0.05) is 24.8 Å². The molecular formula is C15H17F3N2O4. The van der Waals surface area contributed by atoms with E-state index in [4.69, 9.17) is 4.74 Å². The maximum Gasteiger partial charge on any atom is 0.573 e. The number of hydrogen-bond acceptors (Lipinski definition) is 4. The number of benzene rings is 1. The number of nitrogens with one attached hydrogen (secondary N) is 1. The number of morpholine rings is 1. The second kappa shape index (κ2) is 7.52. The Labute approximate surface area is 136 Å². The van der Waals surface area contributed by atoms with Gasteiger partial charge < -0.3 is 19.7 Å². The molecule has 1 saturated heterocycles. The number of amides is 2. The minimum Gasteiger partial charge on any atom is -0.406 e. The van der Waals surface area contributed by atoms with Gasteiger partial charge in [-0.15, -0.1) is 13.2 Å². The summed E-state index contributed by atoms with van der Waals surface area (Å²) in [5, 5.41) is 2.43. The molecule has 2 rings (SSSR count). The second-order valence-electron chi connectivity index (χ2n) is 5.11. The van der Waals surface area contributed by atoms with E-state index in [0.717, 1.165) is 12.1 Å². The van der Waals surface area contributed by atoms with Gasteiger partial charge in [-0.05, 0) is 19.1 Å². The molecule has 1 aromatic rings. The van der Waals surface area contributed by atoms with Crippen molar-refractivity contribution < 1.29 is 32.2 Å². The van der Waals surface area contributed by atoms with Crippen LogP contribution in [-0.2, 0) is 14.3 Å². The SMILES string of the molecule is CCN1CCO[C@H](CC(=O)Nc2cccc(OC(F)(F)F)c2)C1=O. The van der Waals surface area contributed by atoms with Crippen molar-refractivity contribution >= 4 is 17.5 Å². The van der Waals surface area contributed by atoms with Crippen LogP contribution in [0.4, 0.5) is 18.9 Å². The summed E-state index contributed by atoms with van der Waals surface area (Å²) in [6, 6.07) is 4.91. The maximum absolute atomic E-state index is 12.2. The number of carbonyl (C=O) groups excluding carboxylic acids is 2. The molecule has 1 atom stereocenters. The van der Waals surface area contributed by atoms with E-state index in [1.807, 2.05) is 6.92 Å². The fraction of sp³-hybridized carbons (Fsp3) is 0.467. The first-order valence-electron chi connectivity index (χ1n) is 7.34. The second-order valence-corrected chi connectivity index (χ2v) is 5.11. The molecule has 1 fully saturated rings. The Morgan fingerprint density at radius 3 is 2.88 bits per heavy atom. The van der Waals surface area contributed by atoms with Crippen LogP contribution in [0.5, 0.6) is 5.75 Å². The summed E-state index contributed by atoms with van der Waals surface area (Å²) in [6.07, 6.45) is -5.90. The Kier molecular flexibility index (Phi) is 5.66. The average Bonchev–Trinajstić information content (AvgIpc) is 2.48. The summed E-state index contributed by atoms with van der Waals surface area (Å²) >= 11 is 0. The van der Waals surface area contributed by atoms with Crippen LogP contribution in [0.15, 0.2) is 24.3 Å². The Bertz CT molecular complexity index is 607. The fourth-order valence-corrected chi connectivity index (χ4v) is 2.30. The molecule has 132 valence electrons. The van der Waals surface area contributed by atoms with Crippen molar-refractivity contribution in [2.75, 3.05) is 25.0 Å². The Morgan fingerprint density at radius 2 is 2.21 bits per heavy atom. The summed E-state index contributed by atoms with van der Waals surface area (Å²) in [5.74, 6) is -1.24. The predicted octanol–water partition coefficient (Wildman–Crippen LogP) is 2.16. The molecule has 1 aromatic carbocycles. The Morgan fingerprint density at radius 1 is 1.46 bits per heavy atom. The van der Waals surface area contributed by atoms with Crippen molar-refractivity contribution in [3.05, 3.63) is 24.3 Å². The molecular weight excluding hydrogens is 329 g/mol. The third-order valence-electron chi connectivity index (χ3n) is 3.37. The highest BCUT2D eigenvalue weighted by molar-refractivity contribution is 5.95. The summed E-state index contributed by atoms with van der Waals surface area (Å²) in [6.45, 7) is 3.17. The number of ether oxygens (including phenoxy) is 2. The van der Waals surface area contributed by atoms with Crippen molar-refractivity contribution in [2.45, 2.75) is 25.8 Å². The molecule has 0 aromatic heterocycles. The van der Waals surface area contributed by atoms with E-state index in [-0.39, 0.29) is 18.0 Å². The van der Waals surface area contributed by atoms with Crippen molar-refractivity contribution in [3.63, 3.8) is 0 Å². The van der Waals surface area contributed by atoms with E-state index >= 15 is 0 Å². The average molecular weight is 346 g/mol. The monoisotopic (exact) mass is 346 g/mol. The van der Waals surface area contributed by atoms with Crippen LogP contribution in [0.3, 0.4) is 0 Å². The lowest BCUT2D eigenvalue weighted by molar-refractivity contribution is -0.274. The largest absolute Gasteiger partial charge is 0.573 e. The van der Waals surface area contributed by atoms with Crippen LogP contribution in [-0.4, -0.2) is 48.9 Å². The van der Waals surface area contributed by atoms with E-state index < -0.39 is 24.1 Å². The van der Waals surface area contributed by atoms with Crippen LogP contribution in [0, 0.1) is 0 Å². The van der Waals surface area contributed by atoms with Crippen LogP contribution in [0.25, 0.3) is 0 Å². The fourth-order valence-electron chi connectivity index (χ4n) is 2.30. The molecule has 0 spiro atoms. The molecule has 1 heterocycles. The number of hydrogen-bond donors (Lipinski definition) is 1. The first-order valence-corrected chi connectivity index (χ1v) is 7.34. The van der Waals surface area contributed by atoms with Crippen molar-refractivity contribution in [1.82, 2.24) is 4.90 Å². The summed E-state index contributed by atoms with van der Waals surface area (Å²) < 4.78 is 45.6. The van der Waals surface area contributed by atoms with Crippen molar-refractivity contribution in [2.24, 2.45) is 0 Å². The zero-order chi connectivity index (χ0) is 17.7. The van der Waals surface area contributed by atoms with Gasteiger partial charge in [-0.3, -0.25) is 9.59 Å². The zero-order valence-electron chi connectivity index (χ0n) is 12.9. The van der Waals surface area contributed by atoms with E-state index in [0.29, 0.717) is 19.7 Å². The molecule has 0 bridgehead atoms. The zero-order valence-corrected chi connectivity index (χ0v) is 12.9. The topological polar surface area (TPSA) is 67.9 Å². The molecule has 24 heavy (non-hydrogen) atoms. The van der Waals surface area contributed by atoms with E-state index in [1.54, 1.807) is 4.90 Å². The van der Waals surface area contributed by atoms with Gasteiger partial charge >= 0.3 is 6.36 Å². The van der Waals surface area contributed by atoms with Crippen molar-refractivity contribution in [1.29, 1.82) is 0 Å². The molecule has 9 heteroatoms. The molecule has 6 nitrogen and oxygen atoms in total. The number of anilines is 1. The maximum atomic E-state index is 12.2. The Hall–Kier alpha value is -2.29. The van der Waals surface area contributed by atoms with Crippen LogP contribution in [0.2, 0.25) is 0 Å². The lowest BCUT2D eigenvalue weighted by atomic mass is 10.1. The van der Waals surface area contributed by atoms with Gasteiger partial charge in [-0.1, -0.05) is 6.07 Å². The van der Waals surface area contributed by atoms with Crippen LogP contribution >= 0.6 is 0 Å². The minimum atomic E-state index is -4.81. The highest BCUT2D eigenvalue weighted by atomic mass is 19.4. The molecule has 2 amide bonds. The first kappa shape index (κ1) is 18.1. The number of halogens is 3. The summed E-state index contributed by atoms with van der Waals surface area (Å²) in [5.41, 5.74) is 0.136. The molecule has 1 N–H and O–H groups in total.